The van der Waals surface area contributed by atoms with E-state index < -0.39 is 0 Å². The third-order valence-corrected chi connectivity index (χ3v) is 3.63. The molecular weight excluding hydrogens is 241 g/mol. The summed E-state index contributed by atoms with van der Waals surface area (Å²) < 4.78 is 14.8. The number of hydrogen-bond acceptors (Lipinski definition) is 2. The number of benzene rings is 1. The van der Waals surface area contributed by atoms with Crippen LogP contribution in [0.4, 0.5) is 4.39 Å². The summed E-state index contributed by atoms with van der Waals surface area (Å²) in [6.07, 6.45) is 1.93. The van der Waals surface area contributed by atoms with Gasteiger partial charge in [-0.25, -0.2) is 4.39 Å². The molecule has 0 saturated carbocycles. The monoisotopic (exact) mass is 261 g/mol. The molecule has 2 rings (SSSR count). The lowest BCUT2D eigenvalue weighted by atomic mass is 9.76. The zero-order valence-corrected chi connectivity index (χ0v) is 11.8. The fourth-order valence-electron chi connectivity index (χ4n) is 2.51. The molecule has 1 aromatic carbocycles. The van der Waals surface area contributed by atoms with Gasteiger partial charge in [-0.05, 0) is 30.8 Å². The fourth-order valence-corrected chi connectivity index (χ4v) is 2.51. The Hall–Kier alpha value is -1.68. The third-order valence-electron chi connectivity index (χ3n) is 3.63. The summed E-state index contributed by atoms with van der Waals surface area (Å²) in [6.45, 7) is 4.27. The summed E-state index contributed by atoms with van der Waals surface area (Å²) in [4.78, 5) is 0. The highest BCUT2D eigenvalue weighted by atomic mass is 19.1. The second-order valence-electron chi connectivity index (χ2n) is 5.36. The van der Waals surface area contributed by atoms with Crippen LogP contribution in [0.15, 0.2) is 36.5 Å². The van der Waals surface area contributed by atoms with E-state index >= 15 is 0 Å². The molecule has 0 radical (unpaired) electrons. The maximum atomic E-state index is 13.1. The maximum absolute atomic E-state index is 13.1. The molecule has 0 amide bonds. The van der Waals surface area contributed by atoms with Crippen LogP contribution in [0, 0.1) is 5.82 Å². The van der Waals surface area contributed by atoms with E-state index in [9.17, 15) is 4.39 Å². The first-order valence-electron chi connectivity index (χ1n) is 6.38. The summed E-state index contributed by atoms with van der Waals surface area (Å²) in [5.74, 6) is -0.210. The largest absolute Gasteiger partial charge is 0.311 e. The van der Waals surface area contributed by atoms with Gasteiger partial charge in [0, 0.05) is 18.7 Å². The second-order valence-corrected chi connectivity index (χ2v) is 5.36. The zero-order chi connectivity index (χ0) is 14.0. The van der Waals surface area contributed by atoms with E-state index in [-0.39, 0.29) is 17.3 Å². The molecule has 1 heterocycles. The Labute approximate surface area is 113 Å². The van der Waals surface area contributed by atoms with Gasteiger partial charge in [0.15, 0.2) is 0 Å². The minimum Gasteiger partial charge on any atom is -0.311 e. The quantitative estimate of drug-likeness (QED) is 0.917. The molecule has 0 aliphatic carbocycles. The Morgan fingerprint density at radius 2 is 1.84 bits per heavy atom. The van der Waals surface area contributed by atoms with Crippen LogP contribution < -0.4 is 5.32 Å². The lowest BCUT2D eigenvalue weighted by molar-refractivity contribution is 0.359. The number of aromatic nitrogens is 2. The molecule has 1 aromatic heterocycles. The molecule has 3 nitrogen and oxygen atoms in total. The molecule has 19 heavy (non-hydrogen) atoms. The Morgan fingerprint density at radius 1 is 1.21 bits per heavy atom. The predicted molar refractivity (Wildman–Crippen MR) is 74.4 cm³/mol. The highest BCUT2D eigenvalue weighted by Gasteiger charge is 2.32. The van der Waals surface area contributed by atoms with Crippen molar-refractivity contribution in [2.45, 2.75) is 25.3 Å². The van der Waals surface area contributed by atoms with Crippen LogP contribution in [0.2, 0.25) is 0 Å². The first kappa shape index (κ1) is 13.7. The van der Waals surface area contributed by atoms with Gasteiger partial charge in [0.2, 0.25) is 0 Å². The number of aryl methyl sites for hydroxylation is 1. The van der Waals surface area contributed by atoms with Gasteiger partial charge in [-0.1, -0.05) is 26.0 Å². The topological polar surface area (TPSA) is 29.9 Å². The van der Waals surface area contributed by atoms with Crippen LogP contribution >= 0.6 is 0 Å². The van der Waals surface area contributed by atoms with Gasteiger partial charge in [-0.2, -0.15) is 5.10 Å². The summed E-state index contributed by atoms with van der Waals surface area (Å²) in [7, 11) is 3.83. The van der Waals surface area contributed by atoms with Crippen LogP contribution in [-0.4, -0.2) is 16.8 Å². The lowest BCUT2D eigenvalue weighted by Gasteiger charge is -2.33. The standard InChI is InChI=1S/C15H20FN3/c1-15(2,11-5-7-12(16)8-6-11)14(17-3)13-9-10-19(4)18-13/h5-10,14,17H,1-4H3. The number of hydrogen-bond donors (Lipinski definition) is 1. The summed E-state index contributed by atoms with van der Waals surface area (Å²) in [6, 6.07) is 8.75. The molecule has 0 spiro atoms. The van der Waals surface area contributed by atoms with Gasteiger partial charge >= 0.3 is 0 Å². The minimum absolute atomic E-state index is 0.0687. The zero-order valence-electron chi connectivity index (χ0n) is 11.8. The van der Waals surface area contributed by atoms with Crippen molar-refractivity contribution in [2.24, 2.45) is 7.05 Å². The van der Waals surface area contributed by atoms with Gasteiger partial charge in [0.25, 0.3) is 0 Å². The summed E-state index contributed by atoms with van der Waals surface area (Å²) >= 11 is 0. The molecule has 102 valence electrons. The molecule has 0 fully saturated rings. The van der Waals surface area contributed by atoms with Crippen molar-refractivity contribution >= 4 is 0 Å². The Morgan fingerprint density at radius 3 is 2.32 bits per heavy atom. The average Bonchev–Trinajstić information content (AvgIpc) is 2.77. The normalized spacial score (nSPS) is 13.5. The van der Waals surface area contributed by atoms with Crippen molar-refractivity contribution in [2.75, 3.05) is 7.05 Å². The van der Waals surface area contributed by atoms with E-state index in [2.05, 4.69) is 24.3 Å². The van der Waals surface area contributed by atoms with Gasteiger partial charge in [0.05, 0.1) is 11.7 Å². The first-order valence-corrected chi connectivity index (χ1v) is 6.38. The van der Waals surface area contributed by atoms with E-state index in [1.54, 1.807) is 4.68 Å². The number of halogens is 1. The van der Waals surface area contributed by atoms with Gasteiger partial charge in [0.1, 0.15) is 5.82 Å². The molecule has 1 N–H and O–H groups in total. The van der Waals surface area contributed by atoms with Crippen molar-refractivity contribution < 1.29 is 4.39 Å². The molecular formula is C15H20FN3. The van der Waals surface area contributed by atoms with E-state index in [0.717, 1.165) is 11.3 Å². The van der Waals surface area contributed by atoms with Crippen molar-refractivity contribution in [3.63, 3.8) is 0 Å². The van der Waals surface area contributed by atoms with Crippen LogP contribution in [0.3, 0.4) is 0 Å². The van der Waals surface area contributed by atoms with Crippen LogP contribution in [-0.2, 0) is 12.5 Å². The summed E-state index contributed by atoms with van der Waals surface area (Å²) in [5.41, 5.74) is 1.88. The number of nitrogens with one attached hydrogen (secondary N) is 1. The molecule has 0 bridgehead atoms. The van der Waals surface area contributed by atoms with E-state index in [1.807, 2.05) is 38.5 Å². The first-order chi connectivity index (χ1) is 8.95. The number of likely N-dealkylation sites (N-methyl/N-ethyl adjacent to an activating group) is 1. The third kappa shape index (κ3) is 2.68. The van der Waals surface area contributed by atoms with Crippen molar-refractivity contribution in [1.29, 1.82) is 0 Å². The molecule has 0 aliphatic rings. The Bertz CT molecular complexity index is 543. The minimum atomic E-state index is -0.210. The van der Waals surface area contributed by atoms with Crippen LogP contribution in [0.5, 0.6) is 0 Å². The maximum Gasteiger partial charge on any atom is 0.123 e. The second kappa shape index (κ2) is 5.13. The fraction of sp³-hybridized carbons (Fsp3) is 0.400. The smallest absolute Gasteiger partial charge is 0.123 e. The van der Waals surface area contributed by atoms with Crippen LogP contribution in [0.1, 0.15) is 31.1 Å². The Balaban J connectivity index is 2.38. The highest BCUT2D eigenvalue weighted by Crippen LogP contribution is 2.35. The van der Waals surface area contributed by atoms with Crippen molar-refractivity contribution in [1.82, 2.24) is 15.1 Å². The van der Waals surface area contributed by atoms with E-state index in [4.69, 9.17) is 0 Å². The van der Waals surface area contributed by atoms with Crippen molar-refractivity contribution in [3.8, 4) is 0 Å². The van der Waals surface area contributed by atoms with E-state index in [1.165, 1.54) is 12.1 Å². The molecule has 1 atom stereocenters. The highest BCUT2D eigenvalue weighted by molar-refractivity contribution is 5.29. The SMILES string of the molecule is CNC(c1ccn(C)n1)C(C)(C)c1ccc(F)cc1. The molecule has 0 saturated heterocycles. The van der Waals surface area contributed by atoms with Gasteiger partial charge in [-0.3, -0.25) is 4.68 Å². The molecule has 2 aromatic rings. The average molecular weight is 261 g/mol. The molecule has 0 aliphatic heterocycles. The molecule has 1 unspecified atom stereocenters. The van der Waals surface area contributed by atoms with E-state index in [0.29, 0.717) is 0 Å². The van der Waals surface area contributed by atoms with Gasteiger partial charge in [-0.15, -0.1) is 0 Å². The number of rotatable bonds is 4. The predicted octanol–water partition coefficient (Wildman–Crippen LogP) is 2.80. The van der Waals surface area contributed by atoms with Crippen LogP contribution in [0.25, 0.3) is 0 Å². The Kier molecular flexibility index (Phi) is 3.71. The van der Waals surface area contributed by atoms with Crippen molar-refractivity contribution in [3.05, 3.63) is 53.6 Å². The number of nitrogens with zero attached hydrogens (tertiary/aromatic N) is 2. The summed E-state index contributed by atoms with van der Waals surface area (Å²) in [5, 5.41) is 7.79. The molecule has 4 heteroatoms. The van der Waals surface area contributed by atoms with Gasteiger partial charge < -0.3 is 5.32 Å². The lowest BCUT2D eigenvalue weighted by Crippen LogP contribution is -2.36.